The van der Waals surface area contributed by atoms with Gasteiger partial charge in [0.1, 0.15) is 24.2 Å². The van der Waals surface area contributed by atoms with Gasteiger partial charge in [0.05, 0.1) is 7.11 Å². The van der Waals surface area contributed by atoms with Gasteiger partial charge in [-0.2, -0.15) is 0 Å². The first kappa shape index (κ1) is 22.9. The molecule has 1 heterocycles. The number of ether oxygens (including phenoxy) is 3. The molecule has 1 aliphatic rings. The first-order chi connectivity index (χ1) is 13.7. The Kier molecular flexibility index (Phi) is 11.3. The second-order valence-corrected chi connectivity index (χ2v) is 7.53. The van der Waals surface area contributed by atoms with Crippen molar-refractivity contribution in [3.63, 3.8) is 0 Å². The molecule has 160 valence electrons. The van der Waals surface area contributed by atoms with Crippen LogP contribution in [0.4, 0.5) is 0 Å². The molecular formula is C22H38N2O4. The predicted molar refractivity (Wildman–Crippen MR) is 112 cm³/mol. The van der Waals surface area contributed by atoms with Gasteiger partial charge in [0, 0.05) is 38.4 Å². The molecule has 0 spiro atoms. The van der Waals surface area contributed by atoms with E-state index < -0.39 is 6.10 Å². The van der Waals surface area contributed by atoms with Crippen LogP contribution in [-0.2, 0) is 11.3 Å². The predicted octanol–water partition coefficient (Wildman–Crippen LogP) is 2.83. The summed E-state index contributed by atoms with van der Waals surface area (Å²) in [6, 6.07) is 5.85. The van der Waals surface area contributed by atoms with E-state index in [1.165, 1.54) is 32.1 Å². The number of nitrogens with zero attached hydrogens (tertiary/aromatic N) is 1. The lowest BCUT2D eigenvalue weighted by Gasteiger charge is -2.27. The fraction of sp³-hybridized carbons (Fsp3) is 0.727. The van der Waals surface area contributed by atoms with Crippen molar-refractivity contribution in [2.45, 2.75) is 51.2 Å². The molecular weight excluding hydrogens is 356 g/mol. The molecule has 1 unspecified atom stereocenters. The molecule has 1 fully saturated rings. The van der Waals surface area contributed by atoms with Crippen molar-refractivity contribution in [1.82, 2.24) is 10.2 Å². The number of hydrogen-bond donors (Lipinski definition) is 2. The highest BCUT2D eigenvalue weighted by Crippen LogP contribution is 2.25. The van der Waals surface area contributed by atoms with E-state index in [2.05, 4.69) is 10.2 Å². The zero-order valence-corrected chi connectivity index (χ0v) is 17.6. The number of likely N-dealkylation sites (tertiary alicyclic amines) is 1. The number of β-amino-alcohol motifs (C(OH)–C–C–N with tert-alkyl or cyclic N) is 1. The minimum atomic E-state index is -0.492. The van der Waals surface area contributed by atoms with Crippen LogP contribution in [-0.4, -0.2) is 69.7 Å². The highest BCUT2D eigenvalue weighted by atomic mass is 16.5. The van der Waals surface area contributed by atoms with Crippen molar-refractivity contribution in [3.8, 4) is 11.5 Å². The van der Waals surface area contributed by atoms with Crippen molar-refractivity contribution < 1.29 is 19.3 Å². The van der Waals surface area contributed by atoms with Crippen LogP contribution in [0.5, 0.6) is 11.5 Å². The Balaban J connectivity index is 1.84. The summed E-state index contributed by atoms with van der Waals surface area (Å²) in [6.45, 7) is 5.47. The lowest BCUT2D eigenvalue weighted by atomic mass is 10.1. The van der Waals surface area contributed by atoms with Crippen molar-refractivity contribution in [3.05, 3.63) is 23.8 Å². The van der Waals surface area contributed by atoms with Gasteiger partial charge in [0.2, 0.25) is 0 Å². The van der Waals surface area contributed by atoms with Gasteiger partial charge in [-0.1, -0.05) is 25.3 Å². The zero-order chi connectivity index (χ0) is 20.0. The molecule has 2 N–H and O–H groups in total. The molecule has 1 aromatic rings. The van der Waals surface area contributed by atoms with E-state index in [1.54, 1.807) is 14.2 Å². The molecule has 28 heavy (non-hydrogen) atoms. The molecule has 1 aromatic carbocycles. The van der Waals surface area contributed by atoms with Gasteiger partial charge in [0.15, 0.2) is 0 Å². The summed E-state index contributed by atoms with van der Waals surface area (Å²) in [5.41, 5.74) is 1.07. The van der Waals surface area contributed by atoms with E-state index in [0.717, 1.165) is 49.7 Å². The summed E-state index contributed by atoms with van der Waals surface area (Å²) in [4.78, 5) is 2.37. The van der Waals surface area contributed by atoms with Crippen molar-refractivity contribution in [2.75, 3.05) is 53.6 Å². The Bertz CT molecular complexity index is 533. The molecule has 0 saturated carbocycles. The van der Waals surface area contributed by atoms with Gasteiger partial charge in [-0.05, 0) is 45.0 Å². The number of rotatable bonds is 12. The molecule has 1 saturated heterocycles. The van der Waals surface area contributed by atoms with Crippen molar-refractivity contribution in [1.29, 1.82) is 0 Å². The minimum Gasteiger partial charge on any atom is -0.497 e. The van der Waals surface area contributed by atoms with Crippen LogP contribution < -0.4 is 14.8 Å². The third-order valence-corrected chi connectivity index (χ3v) is 5.14. The van der Waals surface area contributed by atoms with Gasteiger partial charge in [-0.25, -0.2) is 0 Å². The standard InChI is InChI=1S/C22H38N2O4/c1-26-14-8-11-23-16-19-9-10-21(27-2)15-22(19)28-18-20(25)17-24-12-6-4-3-5-7-13-24/h9-10,15,20,23,25H,3-8,11-14,16-18H2,1-2H3. The quantitative estimate of drug-likeness (QED) is 0.532. The fourth-order valence-electron chi connectivity index (χ4n) is 3.54. The van der Waals surface area contributed by atoms with E-state index >= 15 is 0 Å². The Morgan fingerprint density at radius 2 is 1.86 bits per heavy atom. The minimum absolute atomic E-state index is 0.292. The number of methoxy groups -OCH3 is 2. The highest BCUT2D eigenvalue weighted by Gasteiger charge is 2.15. The molecule has 1 atom stereocenters. The Morgan fingerprint density at radius 1 is 1.11 bits per heavy atom. The molecule has 2 rings (SSSR count). The molecule has 6 nitrogen and oxygen atoms in total. The summed E-state index contributed by atoms with van der Waals surface area (Å²) in [5.74, 6) is 1.53. The fourth-order valence-corrected chi connectivity index (χ4v) is 3.54. The number of aliphatic hydroxyl groups is 1. The largest absolute Gasteiger partial charge is 0.497 e. The van der Waals surface area contributed by atoms with E-state index in [9.17, 15) is 5.11 Å². The Morgan fingerprint density at radius 3 is 2.57 bits per heavy atom. The third kappa shape index (κ3) is 8.78. The lowest BCUT2D eigenvalue weighted by molar-refractivity contribution is 0.0650. The monoisotopic (exact) mass is 394 g/mol. The summed E-state index contributed by atoms with van der Waals surface area (Å²) >= 11 is 0. The Labute approximate surface area is 170 Å². The maximum atomic E-state index is 10.5. The SMILES string of the molecule is COCCCNCc1ccc(OC)cc1OCC(O)CN1CCCCCCC1. The van der Waals surface area contributed by atoms with E-state index in [1.807, 2.05) is 18.2 Å². The van der Waals surface area contributed by atoms with Crippen molar-refractivity contribution in [2.24, 2.45) is 0 Å². The summed E-state index contributed by atoms with van der Waals surface area (Å²) in [6.07, 6.45) is 6.87. The lowest BCUT2D eigenvalue weighted by Crippen LogP contribution is -2.37. The number of nitrogens with one attached hydrogen (secondary N) is 1. The van der Waals surface area contributed by atoms with Gasteiger partial charge in [-0.3, -0.25) is 0 Å². The van der Waals surface area contributed by atoms with Crippen LogP contribution in [0.3, 0.4) is 0 Å². The van der Waals surface area contributed by atoms with Crippen LogP contribution in [0.2, 0.25) is 0 Å². The van der Waals surface area contributed by atoms with Crippen LogP contribution in [0.25, 0.3) is 0 Å². The number of aliphatic hydroxyl groups excluding tert-OH is 1. The maximum absolute atomic E-state index is 10.5. The Hall–Kier alpha value is -1.34. The van der Waals surface area contributed by atoms with Crippen LogP contribution in [0.1, 0.15) is 44.1 Å². The smallest absolute Gasteiger partial charge is 0.127 e. The number of benzene rings is 1. The normalized spacial score (nSPS) is 17.0. The average Bonchev–Trinajstić information content (AvgIpc) is 2.68. The zero-order valence-electron chi connectivity index (χ0n) is 17.6. The molecule has 0 bridgehead atoms. The summed E-state index contributed by atoms with van der Waals surface area (Å²) < 4.78 is 16.4. The van der Waals surface area contributed by atoms with E-state index in [4.69, 9.17) is 14.2 Å². The molecule has 0 amide bonds. The topological polar surface area (TPSA) is 63.2 Å². The van der Waals surface area contributed by atoms with Gasteiger partial charge < -0.3 is 29.5 Å². The number of hydrogen-bond acceptors (Lipinski definition) is 6. The summed E-state index contributed by atoms with van der Waals surface area (Å²) in [7, 11) is 3.37. The molecule has 0 radical (unpaired) electrons. The van der Waals surface area contributed by atoms with Crippen LogP contribution >= 0.6 is 0 Å². The van der Waals surface area contributed by atoms with Gasteiger partial charge >= 0.3 is 0 Å². The van der Waals surface area contributed by atoms with Gasteiger partial charge in [-0.15, -0.1) is 0 Å². The first-order valence-electron chi connectivity index (χ1n) is 10.6. The maximum Gasteiger partial charge on any atom is 0.127 e. The van der Waals surface area contributed by atoms with E-state index in [0.29, 0.717) is 19.7 Å². The van der Waals surface area contributed by atoms with Crippen LogP contribution in [0.15, 0.2) is 18.2 Å². The van der Waals surface area contributed by atoms with Crippen molar-refractivity contribution >= 4 is 0 Å². The molecule has 6 heteroatoms. The second kappa shape index (κ2) is 13.8. The molecule has 0 aliphatic carbocycles. The second-order valence-electron chi connectivity index (χ2n) is 7.53. The molecule has 1 aliphatic heterocycles. The van der Waals surface area contributed by atoms with E-state index in [-0.39, 0.29) is 0 Å². The average molecular weight is 395 g/mol. The van der Waals surface area contributed by atoms with Crippen LogP contribution in [0, 0.1) is 0 Å². The summed E-state index contributed by atoms with van der Waals surface area (Å²) in [5, 5.41) is 13.9. The third-order valence-electron chi connectivity index (χ3n) is 5.14. The van der Waals surface area contributed by atoms with Gasteiger partial charge in [0.25, 0.3) is 0 Å². The molecule has 0 aromatic heterocycles. The highest BCUT2D eigenvalue weighted by molar-refractivity contribution is 5.40. The first-order valence-corrected chi connectivity index (χ1v) is 10.6.